The van der Waals surface area contributed by atoms with Gasteiger partial charge in [-0.3, -0.25) is 0 Å². The van der Waals surface area contributed by atoms with Crippen molar-refractivity contribution in [3.8, 4) is 11.5 Å². The summed E-state index contributed by atoms with van der Waals surface area (Å²) in [4.78, 5) is 0. The van der Waals surface area contributed by atoms with Crippen molar-refractivity contribution in [2.75, 3.05) is 0 Å². The molecule has 0 amide bonds. The molecule has 3 aromatic carbocycles. The molecule has 4 nitrogen and oxygen atoms in total. The van der Waals surface area contributed by atoms with Crippen LogP contribution >= 0.6 is 0 Å². The second kappa shape index (κ2) is 11.0. The summed E-state index contributed by atoms with van der Waals surface area (Å²) < 4.78 is 12.3. The Kier molecular flexibility index (Phi) is 7.59. The van der Waals surface area contributed by atoms with Crippen LogP contribution in [0.15, 0.2) is 78.9 Å². The molecule has 0 aromatic heterocycles. The molecule has 1 aliphatic carbocycles. The molecule has 0 radical (unpaired) electrons. The third kappa shape index (κ3) is 6.58. The Balaban J connectivity index is 1.42. The SMILES string of the molecule is OC1CCC(NCc2ccc(OCc3ccccc3)c(OCc3ccccc3)c2)CC1. The zero-order chi connectivity index (χ0) is 21.3. The van der Waals surface area contributed by atoms with Crippen molar-refractivity contribution in [2.45, 2.75) is 57.6 Å². The van der Waals surface area contributed by atoms with Crippen LogP contribution in [0, 0.1) is 0 Å². The number of hydrogen-bond acceptors (Lipinski definition) is 4. The van der Waals surface area contributed by atoms with Gasteiger partial charge >= 0.3 is 0 Å². The highest BCUT2D eigenvalue weighted by atomic mass is 16.5. The highest BCUT2D eigenvalue weighted by Crippen LogP contribution is 2.30. The molecule has 2 N–H and O–H groups in total. The van der Waals surface area contributed by atoms with Crippen molar-refractivity contribution >= 4 is 0 Å². The largest absolute Gasteiger partial charge is 0.485 e. The second-order valence-corrected chi connectivity index (χ2v) is 8.22. The molecule has 4 heteroatoms. The first-order valence-electron chi connectivity index (χ1n) is 11.1. The van der Waals surface area contributed by atoms with Crippen molar-refractivity contribution in [2.24, 2.45) is 0 Å². The maximum absolute atomic E-state index is 9.71. The Morgan fingerprint density at radius 2 is 1.26 bits per heavy atom. The lowest BCUT2D eigenvalue weighted by atomic mass is 9.93. The van der Waals surface area contributed by atoms with Crippen molar-refractivity contribution in [3.05, 3.63) is 95.6 Å². The monoisotopic (exact) mass is 417 g/mol. The van der Waals surface area contributed by atoms with Gasteiger partial charge in [0.25, 0.3) is 0 Å². The highest BCUT2D eigenvalue weighted by molar-refractivity contribution is 5.43. The van der Waals surface area contributed by atoms with Crippen LogP contribution in [0.3, 0.4) is 0 Å². The topological polar surface area (TPSA) is 50.7 Å². The van der Waals surface area contributed by atoms with Crippen LogP contribution in [0.2, 0.25) is 0 Å². The molecular weight excluding hydrogens is 386 g/mol. The van der Waals surface area contributed by atoms with Crippen molar-refractivity contribution in [1.29, 1.82) is 0 Å². The van der Waals surface area contributed by atoms with Gasteiger partial charge in [0.2, 0.25) is 0 Å². The van der Waals surface area contributed by atoms with E-state index in [1.807, 2.05) is 42.5 Å². The van der Waals surface area contributed by atoms with Gasteiger partial charge in [0.1, 0.15) is 13.2 Å². The van der Waals surface area contributed by atoms with E-state index in [1.54, 1.807) is 0 Å². The fourth-order valence-electron chi connectivity index (χ4n) is 3.91. The minimum Gasteiger partial charge on any atom is -0.485 e. The zero-order valence-electron chi connectivity index (χ0n) is 17.9. The maximum atomic E-state index is 9.71. The van der Waals surface area contributed by atoms with Crippen LogP contribution in [0.4, 0.5) is 0 Å². The van der Waals surface area contributed by atoms with Crippen LogP contribution in [0.25, 0.3) is 0 Å². The molecule has 1 aliphatic rings. The van der Waals surface area contributed by atoms with Crippen LogP contribution in [0.5, 0.6) is 11.5 Å². The standard InChI is InChI=1S/C27H31NO3/c29-25-14-12-24(13-15-25)28-18-23-11-16-26(30-19-21-7-3-1-4-8-21)27(17-23)31-20-22-9-5-2-6-10-22/h1-11,16-17,24-25,28-29H,12-15,18-20H2. The molecule has 4 rings (SSSR count). The van der Waals surface area contributed by atoms with Crippen LogP contribution in [-0.4, -0.2) is 17.3 Å². The first-order chi connectivity index (χ1) is 15.3. The van der Waals surface area contributed by atoms with Gasteiger partial charge in [0, 0.05) is 12.6 Å². The Bertz CT molecular complexity index is 922. The molecule has 3 aromatic rings. The van der Waals surface area contributed by atoms with Gasteiger partial charge in [-0.2, -0.15) is 0 Å². The molecule has 0 saturated heterocycles. The van der Waals surface area contributed by atoms with Gasteiger partial charge in [-0.1, -0.05) is 66.7 Å². The average molecular weight is 418 g/mol. The van der Waals surface area contributed by atoms with E-state index < -0.39 is 0 Å². The molecule has 31 heavy (non-hydrogen) atoms. The zero-order valence-corrected chi connectivity index (χ0v) is 17.9. The van der Waals surface area contributed by atoms with Gasteiger partial charge in [0.15, 0.2) is 11.5 Å². The van der Waals surface area contributed by atoms with Crippen LogP contribution in [-0.2, 0) is 19.8 Å². The van der Waals surface area contributed by atoms with Gasteiger partial charge in [-0.05, 0) is 54.5 Å². The first kappa shape index (κ1) is 21.4. The Hall–Kier alpha value is -2.82. The first-order valence-corrected chi connectivity index (χ1v) is 11.1. The van der Waals surface area contributed by atoms with Crippen LogP contribution < -0.4 is 14.8 Å². The summed E-state index contributed by atoms with van der Waals surface area (Å²) in [6.45, 7) is 1.78. The van der Waals surface area contributed by atoms with E-state index in [1.165, 1.54) is 5.56 Å². The molecule has 0 bridgehead atoms. The van der Waals surface area contributed by atoms with E-state index in [4.69, 9.17) is 9.47 Å². The van der Waals surface area contributed by atoms with Gasteiger partial charge in [0.05, 0.1) is 6.10 Å². The summed E-state index contributed by atoms with van der Waals surface area (Å²) in [5.74, 6) is 1.52. The number of benzene rings is 3. The Morgan fingerprint density at radius 3 is 1.87 bits per heavy atom. The molecule has 0 unspecified atom stereocenters. The maximum Gasteiger partial charge on any atom is 0.162 e. The molecule has 1 fully saturated rings. The minimum absolute atomic E-state index is 0.128. The summed E-state index contributed by atoms with van der Waals surface area (Å²) in [5, 5.41) is 13.3. The van der Waals surface area contributed by atoms with E-state index in [0.717, 1.165) is 54.9 Å². The van der Waals surface area contributed by atoms with Crippen molar-refractivity contribution in [3.63, 3.8) is 0 Å². The Morgan fingerprint density at radius 1 is 0.677 bits per heavy atom. The molecule has 162 valence electrons. The molecular formula is C27H31NO3. The highest BCUT2D eigenvalue weighted by Gasteiger charge is 2.19. The summed E-state index contributed by atoms with van der Waals surface area (Å²) in [6.07, 6.45) is 3.69. The second-order valence-electron chi connectivity index (χ2n) is 8.22. The number of aliphatic hydroxyl groups excluding tert-OH is 1. The lowest BCUT2D eigenvalue weighted by Crippen LogP contribution is -2.34. The smallest absolute Gasteiger partial charge is 0.162 e. The average Bonchev–Trinajstić information content (AvgIpc) is 2.83. The minimum atomic E-state index is -0.128. The predicted molar refractivity (Wildman–Crippen MR) is 123 cm³/mol. The number of ether oxygens (including phenoxy) is 2. The third-order valence-corrected chi connectivity index (χ3v) is 5.77. The molecule has 0 heterocycles. The number of aliphatic hydroxyl groups is 1. The van der Waals surface area contributed by atoms with Gasteiger partial charge in [-0.15, -0.1) is 0 Å². The molecule has 1 saturated carbocycles. The molecule has 0 spiro atoms. The van der Waals surface area contributed by atoms with Crippen molar-refractivity contribution in [1.82, 2.24) is 5.32 Å². The lowest BCUT2D eigenvalue weighted by molar-refractivity contribution is 0.116. The summed E-state index contributed by atoms with van der Waals surface area (Å²) in [6, 6.07) is 27.0. The summed E-state index contributed by atoms with van der Waals surface area (Å²) in [7, 11) is 0. The third-order valence-electron chi connectivity index (χ3n) is 5.77. The van der Waals surface area contributed by atoms with Gasteiger partial charge in [-0.25, -0.2) is 0 Å². The van der Waals surface area contributed by atoms with E-state index >= 15 is 0 Å². The summed E-state index contributed by atoms with van der Waals surface area (Å²) >= 11 is 0. The normalized spacial score (nSPS) is 18.5. The van der Waals surface area contributed by atoms with E-state index in [0.29, 0.717) is 19.3 Å². The van der Waals surface area contributed by atoms with E-state index in [2.05, 4.69) is 41.7 Å². The number of hydrogen-bond donors (Lipinski definition) is 2. The fraction of sp³-hybridized carbons (Fsp3) is 0.333. The Labute approximate surface area is 184 Å². The van der Waals surface area contributed by atoms with Crippen LogP contribution in [0.1, 0.15) is 42.4 Å². The quantitative estimate of drug-likeness (QED) is 0.500. The summed E-state index contributed by atoms with van der Waals surface area (Å²) in [5.41, 5.74) is 3.42. The lowest BCUT2D eigenvalue weighted by Gasteiger charge is -2.26. The molecule has 0 aliphatic heterocycles. The van der Waals surface area contributed by atoms with Gasteiger partial charge < -0.3 is 19.9 Å². The number of rotatable bonds is 9. The fourth-order valence-corrected chi connectivity index (χ4v) is 3.91. The van der Waals surface area contributed by atoms with E-state index in [9.17, 15) is 5.11 Å². The number of nitrogens with one attached hydrogen (secondary N) is 1. The molecule has 0 atom stereocenters. The predicted octanol–water partition coefficient (Wildman–Crippen LogP) is 5.24. The van der Waals surface area contributed by atoms with E-state index in [-0.39, 0.29) is 6.10 Å². The van der Waals surface area contributed by atoms with Crippen molar-refractivity contribution < 1.29 is 14.6 Å².